The monoisotopic (exact) mass is 332 g/mol. The van der Waals surface area contributed by atoms with Crippen molar-refractivity contribution in [3.05, 3.63) is 35.9 Å². The molecular weight excluding hydrogens is 312 g/mol. The molecule has 0 bridgehead atoms. The number of rotatable bonds is 7. The highest BCUT2D eigenvalue weighted by Gasteiger charge is 2.59. The Morgan fingerprint density at radius 2 is 1.56 bits per heavy atom. The number of halogens is 1. The standard InChI is InChI=1S/C13H21BrO3Si/c1-5-11-13(14,12-9-7-6-8-10-12)18(15-2,16-3)17-4/h6-10H,5,11H2,1-4H3. The Labute approximate surface area is 119 Å². The lowest BCUT2D eigenvalue weighted by Gasteiger charge is -2.39. The van der Waals surface area contributed by atoms with Crippen LogP contribution in [0.25, 0.3) is 0 Å². The fourth-order valence-electron chi connectivity index (χ4n) is 2.26. The second-order valence-electron chi connectivity index (χ2n) is 4.09. The second-order valence-corrected chi connectivity index (χ2v) is 9.36. The molecule has 3 nitrogen and oxygen atoms in total. The summed E-state index contributed by atoms with van der Waals surface area (Å²) in [5.41, 5.74) is 1.13. The van der Waals surface area contributed by atoms with Crippen LogP contribution in [0.5, 0.6) is 0 Å². The molecule has 0 N–H and O–H groups in total. The van der Waals surface area contributed by atoms with E-state index in [1.54, 1.807) is 21.3 Å². The molecule has 0 spiro atoms. The highest BCUT2D eigenvalue weighted by molar-refractivity contribution is 9.10. The molecular formula is C13H21BrO3Si. The van der Waals surface area contributed by atoms with Crippen molar-refractivity contribution in [3.63, 3.8) is 0 Å². The molecule has 102 valence electrons. The number of hydrogen-bond acceptors (Lipinski definition) is 3. The third kappa shape index (κ3) is 2.70. The quantitative estimate of drug-likeness (QED) is 0.565. The van der Waals surface area contributed by atoms with Crippen LogP contribution in [0.15, 0.2) is 30.3 Å². The molecule has 5 heteroatoms. The Balaban J connectivity index is 3.29. The fourth-order valence-corrected chi connectivity index (χ4v) is 6.92. The van der Waals surface area contributed by atoms with E-state index in [-0.39, 0.29) is 0 Å². The molecule has 1 aromatic rings. The highest BCUT2D eigenvalue weighted by atomic mass is 79.9. The van der Waals surface area contributed by atoms with Gasteiger partial charge in [0.1, 0.15) is 3.95 Å². The van der Waals surface area contributed by atoms with Crippen LogP contribution in [0.1, 0.15) is 25.3 Å². The van der Waals surface area contributed by atoms with Crippen molar-refractivity contribution < 1.29 is 13.3 Å². The van der Waals surface area contributed by atoms with Gasteiger partial charge < -0.3 is 13.3 Å². The highest BCUT2D eigenvalue weighted by Crippen LogP contribution is 2.45. The van der Waals surface area contributed by atoms with E-state index in [0.717, 1.165) is 18.4 Å². The van der Waals surface area contributed by atoms with E-state index in [0.29, 0.717) is 0 Å². The van der Waals surface area contributed by atoms with E-state index < -0.39 is 12.8 Å². The molecule has 1 unspecified atom stereocenters. The van der Waals surface area contributed by atoms with Gasteiger partial charge in [0.2, 0.25) is 0 Å². The van der Waals surface area contributed by atoms with Crippen molar-refractivity contribution in [1.29, 1.82) is 0 Å². The number of benzene rings is 1. The summed E-state index contributed by atoms with van der Waals surface area (Å²) in [6, 6.07) is 10.2. The van der Waals surface area contributed by atoms with Crippen LogP contribution in [0, 0.1) is 0 Å². The molecule has 0 aliphatic heterocycles. The van der Waals surface area contributed by atoms with E-state index in [1.807, 2.05) is 18.2 Å². The minimum Gasteiger partial charge on any atom is -0.376 e. The summed E-state index contributed by atoms with van der Waals surface area (Å²) >= 11 is 3.84. The maximum Gasteiger partial charge on any atom is 0.522 e. The number of alkyl halides is 1. The third-order valence-corrected chi connectivity index (χ3v) is 8.55. The van der Waals surface area contributed by atoms with Gasteiger partial charge in [-0.3, -0.25) is 0 Å². The molecule has 0 heterocycles. The normalized spacial score (nSPS) is 15.4. The molecule has 0 saturated carbocycles. The van der Waals surface area contributed by atoms with E-state index in [9.17, 15) is 0 Å². The molecule has 0 fully saturated rings. The lowest BCUT2D eigenvalue weighted by molar-refractivity contribution is 0.106. The predicted molar refractivity (Wildman–Crippen MR) is 78.7 cm³/mol. The summed E-state index contributed by atoms with van der Waals surface area (Å²) in [5.74, 6) is 0. The van der Waals surface area contributed by atoms with Gasteiger partial charge in [0.05, 0.1) is 0 Å². The first-order valence-corrected chi connectivity index (χ1v) is 8.52. The van der Waals surface area contributed by atoms with Gasteiger partial charge in [-0.05, 0) is 12.0 Å². The maximum absolute atomic E-state index is 5.66. The van der Waals surface area contributed by atoms with Gasteiger partial charge in [-0.15, -0.1) is 0 Å². The molecule has 0 saturated heterocycles. The zero-order chi connectivity index (χ0) is 13.6. The smallest absolute Gasteiger partial charge is 0.376 e. The van der Waals surface area contributed by atoms with Gasteiger partial charge in [-0.2, -0.15) is 0 Å². The second kappa shape index (κ2) is 6.82. The average molecular weight is 333 g/mol. The Kier molecular flexibility index (Phi) is 6.00. The van der Waals surface area contributed by atoms with Crippen molar-refractivity contribution in [2.45, 2.75) is 23.7 Å². The van der Waals surface area contributed by atoms with Gasteiger partial charge in [0.15, 0.2) is 0 Å². The molecule has 1 rings (SSSR count). The summed E-state index contributed by atoms with van der Waals surface area (Å²) in [7, 11) is 2.12. The average Bonchev–Trinajstić information content (AvgIpc) is 2.42. The van der Waals surface area contributed by atoms with Gasteiger partial charge in [0, 0.05) is 21.3 Å². The predicted octanol–water partition coefficient (Wildman–Crippen LogP) is 3.49. The van der Waals surface area contributed by atoms with Crippen molar-refractivity contribution in [2.75, 3.05) is 21.3 Å². The first-order valence-electron chi connectivity index (χ1n) is 6.00. The molecule has 18 heavy (non-hydrogen) atoms. The lowest BCUT2D eigenvalue weighted by atomic mass is 10.1. The molecule has 0 aliphatic carbocycles. The fraction of sp³-hybridized carbons (Fsp3) is 0.538. The van der Waals surface area contributed by atoms with Crippen molar-refractivity contribution in [3.8, 4) is 0 Å². The third-order valence-electron chi connectivity index (χ3n) is 3.12. The maximum atomic E-state index is 5.66. The van der Waals surface area contributed by atoms with Crippen LogP contribution in [-0.2, 0) is 17.2 Å². The van der Waals surface area contributed by atoms with Gasteiger partial charge in [0.25, 0.3) is 0 Å². The summed E-state index contributed by atoms with van der Waals surface area (Å²) in [6.07, 6.45) is 1.89. The van der Waals surface area contributed by atoms with Crippen LogP contribution in [-0.4, -0.2) is 30.1 Å². The first kappa shape index (κ1) is 15.9. The van der Waals surface area contributed by atoms with Gasteiger partial charge in [-0.1, -0.05) is 59.6 Å². The molecule has 1 atom stereocenters. The van der Waals surface area contributed by atoms with Crippen LogP contribution in [0.4, 0.5) is 0 Å². The molecule has 1 aromatic carbocycles. The zero-order valence-electron chi connectivity index (χ0n) is 11.4. The van der Waals surface area contributed by atoms with Crippen molar-refractivity contribution in [1.82, 2.24) is 0 Å². The minimum atomic E-state index is -2.82. The minimum absolute atomic E-state index is 0.408. The Morgan fingerprint density at radius 3 is 1.94 bits per heavy atom. The molecule has 0 radical (unpaired) electrons. The largest absolute Gasteiger partial charge is 0.522 e. The summed E-state index contributed by atoms with van der Waals surface area (Å²) in [6.45, 7) is 2.14. The van der Waals surface area contributed by atoms with Gasteiger partial charge >= 0.3 is 8.80 Å². The SMILES string of the molecule is CCCC(Br)(c1ccccc1)[Si](OC)(OC)OC. The zero-order valence-corrected chi connectivity index (χ0v) is 14.0. The lowest BCUT2D eigenvalue weighted by Crippen LogP contribution is -2.58. The van der Waals surface area contributed by atoms with Crippen molar-refractivity contribution >= 4 is 24.7 Å². The summed E-state index contributed by atoms with van der Waals surface area (Å²) in [4.78, 5) is 0. The van der Waals surface area contributed by atoms with E-state index >= 15 is 0 Å². The number of hydrogen-bond donors (Lipinski definition) is 0. The topological polar surface area (TPSA) is 27.7 Å². The summed E-state index contributed by atoms with van der Waals surface area (Å²) < 4.78 is 16.6. The van der Waals surface area contributed by atoms with Crippen LogP contribution in [0.3, 0.4) is 0 Å². The molecule has 0 aliphatic rings. The molecule has 0 aromatic heterocycles. The first-order chi connectivity index (χ1) is 8.60. The van der Waals surface area contributed by atoms with Crippen LogP contribution >= 0.6 is 15.9 Å². The van der Waals surface area contributed by atoms with E-state index in [4.69, 9.17) is 13.3 Å². The van der Waals surface area contributed by atoms with Crippen LogP contribution in [0.2, 0.25) is 0 Å². The summed E-state index contributed by atoms with van der Waals surface area (Å²) in [5, 5.41) is 0. The van der Waals surface area contributed by atoms with E-state index in [2.05, 4.69) is 35.0 Å². The van der Waals surface area contributed by atoms with Gasteiger partial charge in [-0.25, -0.2) is 0 Å². The van der Waals surface area contributed by atoms with Crippen LogP contribution < -0.4 is 0 Å². The molecule has 0 amide bonds. The Bertz CT molecular complexity index is 348. The Morgan fingerprint density at radius 1 is 1.06 bits per heavy atom. The van der Waals surface area contributed by atoms with Crippen molar-refractivity contribution in [2.24, 2.45) is 0 Å². The Hall–Kier alpha value is -0.203. The van der Waals surface area contributed by atoms with E-state index in [1.165, 1.54) is 0 Å².